The summed E-state index contributed by atoms with van der Waals surface area (Å²) in [5.74, 6) is 0. The molecule has 2 aromatic rings. The molecule has 3 N–H and O–H groups in total. The first-order valence-electron chi connectivity index (χ1n) is 5.73. The average Bonchev–Trinajstić information content (AvgIpc) is 2.73. The van der Waals surface area contributed by atoms with Crippen LogP contribution in [0.2, 0.25) is 0 Å². The maximum Gasteiger partial charge on any atom is 0.262 e. The van der Waals surface area contributed by atoms with E-state index in [0.29, 0.717) is 12.2 Å². The lowest BCUT2D eigenvalue weighted by Crippen LogP contribution is -2.13. The quantitative estimate of drug-likeness (QED) is 0.873. The Balaban J connectivity index is 2.31. The molecule has 1 aromatic heterocycles. The Morgan fingerprint density at radius 3 is 2.68 bits per heavy atom. The van der Waals surface area contributed by atoms with Crippen molar-refractivity contribution in [3.63, 3.8) is 0 Å². The summed E-state index contributed by atoms with van der Waals surface area (Å²) in [6.07, 6.45) is 3.05. The second kappa shape index (κ2) is 5.02. The highest BCUT2D eigenvalue weighted by Crippen LogP contribution is 2.18. The van der Waals surface area contributed by atoms with Gasteiger partial charge >= 0.3 is 0 Å². The van der Waals surface area contributed by atoms with Crippen molar-refractivity contribution in [1.82, 2.24) is 9.78 Å². The van der Waals surface area contributed by atoms with Crippen molar-refractivity contribution in [1.29, 1.82) is 0 Å². The van der Waals surface area contributed by atoms with Gasteiger partial charge in [-0.15, -0.1) is 0 Å². The molecule has 0 unspecified atom stereocenters. The summed E-state index contributed by atoms with van der Waals surface area (Å²) in [4.78, 5) is 0.214. The standard InChI is InChI=1S/C12H16N4O2S/c1-9-5-12(4-3-10(9)6-13)19(17,18)15-11-7-14-16(2)8-11/h3-5,7-8,15H,6,13H2,1-2H3. The van der Waals surface area contributed by atoms with Crippen LogP contribution in [0.25, 0.3) is 0 Å². The van der Waals surface area contributed by atoms with Crippen LogP contribution in [0, 0.1) is 6.92 Å². The van der Waals surface area contributed by atoms with Crippen LogP contribution in [-0.4, -0.2) is 18.2 Å². The van der Waals surface area contributed by atoms with Crippen molar-refractivity contribution in [3.8, 4) is 0 Å². The molecule has 0 aliphatic carbocycles. The van der Waals surface area contributed by atoms with E-state index in [0.717, 1.165) is 11.1 Å². The highest BCUT2D eigenvalue weighted by atomic mass is 32.2. The number of hydrogen-bond donors (Lipinski definition) is 2. The SMILES string of the molecule is Cc1cc(S(=O)(=O)Nc2cnn(C)c2)ccc1CN. The summed E-state index contributed by atoms with van der Waals surface area (Å²) in [6, 6.07) is 4.89. The van der Waals surface area contributed by atoms with E-state index in [9.17, 15) is 8.42 Å². The van der Waals surface area contributed by atoms with Gasteiger partial charge in [0.05, 0.1) is 16.8 Å². The fourth-order valence-corrected chi connectivity index (χ4v) is 2.87. The van der Waals surface area contributed by atoms with Crippen LogP contribution in [0.4, 0.5) is 5.69 Å². The first-order chi connectivity index (χ1) is 8.92. The van der Waals surface area contributed by atoms with Crippen molar-refractivity contribution in [2.45, 2.75) is 18.4 Å². The summed E-state index contributed by atoms with van der Waals surface area (Å²) < 4.78 is 28.4. The Bertz CT molecular complexity index is 692. The number of rotatable bonds is 4. The second-order valence-electron chi connectivity index (χ2n) is 4.30. The summed E-state index contributed by atoms with van der Waals surface area (Å²) >= 11 is 0. The van der Waals surface area contributed by atoms with Gasteiger partial charge in [-0.3, -0.25) is 9.40 Å². The molecule has 7 heteroatoms. The van der Waals surface area contributed by atoms with Crippen molar-refractivity contribution in [3.05, 3.63) is 41.7 Å². The van der Waals surface area contributed by atoms with Gasteiger partial charge < -0.3 is 5.73 Å². The molecule has 2 rings (SSSR count). The molecule has 0 atom stereocenters. The predicted octanol–water partition coefficient (Wildman–Crippen LogP) is 0.988. The zero-order valence-electron chi connectivity index (χ0n) is 10.8. The normalized spacial score (nSPS) is 11.5. The van der Waals surface area contributed by atoms with Gasteiger partial charge in [-0.2, -0.15) is 5.10 Å². The highest BCUT2D eigenvalue weighted by molar-refractivity contribution is 7.92. The molecule has 0 aliphatic heterocycles. The summed E-state index contributed by atoms with van der Waals surface area (Å²) in [7, 11) is -1.87. The fraction of sp³-hybridized carbons (Fsp3) is 0.250. The van der Waals surface area contributed by atoms with Gasteiger partial charge in [0.25, 0.3) is 10.0 Å². The Morgan fingerprint density at radius 1 is 1.42 bits per heavy atom. The van der Waals surface area contributed by atoms with E-state index < -0.39 is 10.0 Å². The number of nitrogens with two attached hydrogens (primary N) is 1. The molecule has 19 heavy (non-hydrogen) atoms. The minimum absolute atomic E-state index is 0.214. The lowest BCUT2D eigenvalue weighted by molar-refractivity contribution is 0.601. The first-order valence-corrected chi connectivity index (χ1v) is 7.22. The summed E-state index contributed by atoms with van der Waals surface area (Å²) in [5, 5.41) is 3.91. The lowest BCUT2D eigenvalue weighted by atomic mass is 10.1. The molecular formula is C12H16N4O2S. The number of hydrogen-bond acceptors (Lipinski definition) is 4. The van der Waals surface area contributed by atoms with Crippen molar-refractivity contribution >= 4 is 15.7 Å². The molecular weight excluding hydrogens is 264 g/mol. The van der Waals surface area contributed by atoms with Crippen LogP contribution in [0.1, 0.15) is 11.1 Å². The molecule has 0 saturated carbocycles. The number of sulfonamides is 1. The first kappa shape index (κ1) is 13.6. The smallest absolute Gasteiger partial charge is 0.262 e. The van der Waals surface area contributed by atoms with E-state index >= 15 is 0 Å². The minimum Gasteiger partial charge on any atom is -0.326 e. The topological polar surface area (TPSA) is 90.0 Å². The maximum atomic E-state index is 12.2. The van der Waals surface area contributed by atoms with Gasteiger partial charge in [0.1, 0.15) is 0 Å². The van der Waals surface area contributed by atoms with Gasteiger partial charge in [-0.1, -0.05) is 6.07 Å². The molecule has 0 aliphatic rings. The molecule has 0 fully saturated rings. The van der Waals surface area contributed by atoms with Crippen LogP contribution in [0.15, 0.2) is 35.5 Å². The molecule has 0 spiro atoms. The molecule has 6 nitrogen and oxygen atoms in total. The number of nitrogens with one attached hydrogen (secondary N) is 1. The average molecular weight is 280 g/mol. The Hall–Kier alpha value is -1.86. The van der Waals surface area contributed by atoms with Crippen molar-refractivity contribution in [2.75, 3.05) is 4.72 Å². The summed E-state index contributed by atoms with van der Waals surface area (Å²) in [6.45, 7) is 2.23. The fourth-order valence-electron chi connectivity index (χ4n) is 1.75. The Kier molecular flexibility index (Phi) is 3.59. The number of benzene rings is 1. The van der Waals surface area contributed by atoms with Gasteiger partial charge in [0.2, 0.25) is 0 Å². The van der Waals surface area contributed by atoms with Crippen molar-refractivity contribution in [2.24, 2.45) is 12.8 Å². The Labute approximate surface area is 112 Å². The van der Waals surface area contributed by atoms with E-state index in [4.69, 9.17) is 5.73 Å². The molecule has 0 radical (unpaired) electrons. The van der Waals surface area contributed by atoms with Crippen LogP contribution in [0.5, 0.6) is 0 Å². The van der Waals surface area contributed by atoms with Crippen LogP contribution >= 0.6 is 0 Å². The molecule has 1 heterocycles. The number of anilines is 1. The van der Waals surface area contributed by atoms with Gasteiger partial charge in [-0.25, -0.2) is 8.42 Å². The lowest BCUT2D eigenvalue weighted by Gasteiger charge is -2.09. The van der Waals surface area contributed by atoms with Gasteiger partial charge in [-0.05, 0) is 30.2 Å². The highest BCUT2D eigenvalue weighted by Gasteiger charge is 2.15. The predicted molar refractivity (Wildman–Crippen MR) is 73.1 cm³/mol. The molecule has 0 saturated heterocycles. The minimum atomic E-state index is -3.59. The molecule has 0 bridgehead atoms. The van der Waals surface area contributed by atoms with E-state index in [1.165, 1.54) is 10.9 Å². The van der Waals surface area contributed by atoms with Crippen LogP contribution < -0.4 is 10.5 Å². The monoisotopic (exact) mass is 280 g/mol. The summed E-state index contributed by atoms with van der Waals surface area (Å²) in [5.41, 5.74) is 7.78. The van der Waals surface area contributed by atoms with E-state index in [1.54, 1.807) is 31.4 Å². The van der Waals surface area contributed by atoms with E-state index in [2.05, 4.69) is 9.82 Å². The number of nitrogens with zero attached hydrogens (tertiary/aromatic N) is 2. The second-order valence-corrected chi connectivity index (χ2v) is 5.98. The third-order valence-electron chi connectivity index (χ3n) is 2.80. The molecule has 1 aromatic carbocycles. The Morgan fingerprint density at radius 2 is 2.16 bits per heavy atom. The van der Waals surface area contributed by atoms with E-state index in [1.807, 2.05) is 6.92 Å². The molecule has 0 amide bonds. The molecule has 102 valence electrons. The zero-order valence-corrected chi connectivity index (χ0v) is 11.6. The largest absolute Gasteiger partial charge is 0.326 e. The van der Waals surface area contributed by atoms with Gasteiger partial charge in [0.15, 0.2) is 0 Å². The van der Waals surface area contributed by atoms with Crippen molar-refractivity contribution < 1.29 is 8.42 Å². The van der Waals surface area contributed by atoms with Gasteiger partial charge in [0, 0.05) is 19.8 Å². The van der Waals surface area contributed by atoms with Crippen LogP contribution in [-0.2, 0) is 23.6 Å². The zero-order chi connectivity index (χ0) is 14.0. The van der Waals surface area contributed by atoms with Crippen LogP contribution in [0.3, 0.4) is 0 Å². The number of aryl methyl sites for hydroxylation is 2. The third-order valence-corrected chi connectivity index (χ3v) is 4.18. The maximum absolute atomic E-state index is 12.2. The third kappa shape index (κ3) is 2.94. The number of aromatic nitrogens is 2. The van der Waals surface area contributed by atoms with E-state index in [-0.39, 0.29) is 4.90 Å².